The van der Waals surface area contributed by atoms with E-state index in [0.717, 1.165) is 20.5 Å². The van der Waals surface area contributed by atoms with E-state index in [2.05, 4.69) is 4.98 Å². The quantitative estimate of drug-likeness (QED) is 0.321. The minimum absolute atomic E-state index is 0.124. The predicted octanol–water partition coefficient (Wildman–Crippen LogP) is 5.77. The number of fused-ring (bicyclic) bond motifs is 2. The molecule has 3 aromatic carbocycles. The Morgan fingerprint density at radius 1 is 1.00 bits per heavy atom. The number of aromatic nitrogens is 2. The number of carbonyl (C=O) groups excluding carboxylic acids is 1. The topological polar surface area (TPSA) is 64.6 Å². The second-order valence-electron chi connectivity index (χ2n) is 7.06. The Morgan fingerprint density at radius 2 is 1.78 bits per heavy atom. The summed E-state index contributed by atoms with van der Waals surface area (Å²) in [5, 5.41) is 0.584. The van der Waals surface area contributed by atoms with Crippen LogP contribution in [0.2, 0.25) is 0 Å². The second kappa shape index (κ2) is 8.57. The van der Waals surface area contributed by atoms with Gasteiger partial charge in [0, 0.05) is 5.56 Å². The van der Waals surface area contributed by atoms with Gasteiger partial charge in [0.15, 0.2) is 5.13 Å². The highest BCUT2D eigenvalue weighted by molar-refractivity contribution is 7.22. The van der Waals surface area contributed by atoms with Crippen LogP contribution in [0.25, 0.3) is 20.4 Å². The predicted molar refractivity (Wildman–Crippen MR) is 129 cm³/mol. The average Bonchev–Trinajstić information content (AvgIpc) is 3.49. The van der Waals surface area contributed by atoms with Crippen molar-refractivity contribution >= 4 is 54.1 Å². The third-order valence-corrected chi connectivity index (χ3v) is 7.02. The van der Waals surface area contributed by atoms with Crippen LogP contribution in [-0.2, 0) is 6.54 Å². The molecule has 0 radical (unpaired) electrons. The lowest BCUT2D eigenvalue weighted by molar-refractivity contribution is 0.0985. The van der Waals surface area contributed by atoms with Crippen LogP contribution in [-0.4, -0.2) is 30.1 Å². The van der Waals surface area contributed by atoms with E-state index in [-0.39, 0.29) is 5.91 Å². The molecule has 8 heteroatoms. The Kier molecular flexibility index (Phi) is 5.46. The van der Waals surface area contributed by atoms with Gasteiger partial charge in [0.05, 0.1) is 36.5 Å². The Morgan fingerprint density at radius 3 is 2.56 bits per heavy atom. The van der Waals surface area contributed by atoms with Crippen molar-refractivity contribution in [2.75, 3.05) is 19.1 Å². The van der Waals surface area contributed by atoms with E-state index in [1.54, 1.807) is 24.6 Å². The molecule has 0 aliphatic heterocycles. The molecule has 0 aliphatic rings. The lowest BCUT2D eigenvalue weighted by Gasteiger charge is -2.20. The van der Waals surface area contributed by atoms with E-state index in [1.807, 2.05) is 60.7 Å². The maximum atomic E-state index is 13.7. The zero-order chi connectivity index (χ0) is 22.1. The largest absolute Gasteiger partial charge is 0.495 e. The van der Waals surface area contributed by atoms with E-state index in [0.29, 0.717) is 34.3 Å². The first-order valence-electron chi connectivity index (χ1n) is 9.88. The van der Waals surface area contributed by atoms with Gasteiger partial charge in [-0.2, -0.15) is 0 Å². The SMILES string of the molecule is COc1ccc(OC)c2sc(N(Cc3ccccc3)C(=O)c3ccc4ncsc4c3)nc12. The highest BCUT2D eigenvalue weighted by atomic mass is 32.1. The molecule has 0 unspecified atom stereocenters. The number of benzene rings is 3. The first-order chi connectivity index (χ1) is 15.7. The summed E-state index contributed by atoms with van der Waals surface area (Å²) in [4.78, 5) is 24.5. The van der Waals surface area contributed by atoms with Crippen molar-refractivity contribution in [3.05, 3.63) is 77.3 Å². The number of amides is 1. The van der Waals surface area contributed by atoms with Crippen LogP contribution < -0.4 is 14.4 Å². The summed E-state index contributed by atoms with van der Waals surface area (Å²) in [5.74, 6) is 1.21. The number of anilines is 1. The number of thiazole rings is 2. The first kappa shape index (κ1) is 20.4. The van der Waals surface area contributed by atoms with Crippen LogP contribution in [0.1, 0.15) is 15.9 Å². The summed E-state index contributed by atoms with van der Waals surface area (Å²) in [6.07, 6.45) is 0. The van der Waals surface area contributed by atoms with Crippen molar-refractivity contribution in [2.45, 2.75) is 6.54 Å². The summed E-state index contributed by atoms with van der Waals surface area (Å²) in [6.45, 7) is 0.394. The molecule has 32 heavy (non-hydrogen) atoms. The van der Waals surface area contributed by atoms with Gasteiger partial charge in [-0.15, -0.1) is 11.3 Å². The van der Waals surface area contributed by atoms with Crippen LogP contribution in [0.5, 0.6) is 11.5 Å². The maximum Gasteiger partial charge on any atom is 0.260 e. The third-order valence-electron chi connectivity index (χ3n) is 5.14. The lowest BCUT2D eigenvalue weighted by atomic mass is 10.1. The van der Waals surface area contributed by atoms with Gasteiger partial charge in [0.1, 0.15) is 21.7 Å². The van der Waals surface area contributed by atoms with Crippen LogP contribution in [0.3, 0.4) is 0 Å². The lowest BCUT2D eigenvalue weighted by Crippen LogP contribution is -2.30. The van der Waals surface area contributed by atoms with Crippen molar-refractivity contribution in [1.82, 2.24) is 9.97 Å². The van der Waals surface area contributed by atoms with Crippen LogP contribution in [0.4, 0.5) is 5.13 Å². The van der Waals surface area contributed by atoms with Gasteiger partial charge >= 0.3 is 0 Å². The highest BCUT2D eigenvalue weighted by Gasteiger charge is 2.24. The minimum atomic E-state index is -0.124. The fraction of sp³-hybridized carbons (Fsp3) is 0.125. The van der Waals surface area contributed by atoms with Crippen molar-refractivity contribution in [3.8, 4) is 11.5 Å². The van der Waals surface area contributed by atoms with Crippen LogP contribution >= 0.6 is 22.7 Å². The van der Waals surface area contributed by atoms with Gasteiger partial charge in [-0.05, 0) is 35.9 Å². The number of hydrogen-bond donors (Lipinski definition) is 0. The second-order valence-corrected chi connectivity index (χ2v) is 8.92. The fourth-order valence-corrected chi connectivity index (χ4v) is 5.31. The van der Waals surface area contributed by atoms with Gasteiger partial charge < -0.3 is 9.47 Å². The van der Waals surface area contributed by atoms with Gasteiger partial charge in [0.2, 0.25) is 0 Å². The van der Waals surface area contributed by atoms with Crippen molar-refractivity contribution < 1.29 is 14.3 Å². The molecule has 2 heterocycles. The maximum absolute atomic E-state index is 13.7. The molecule has 0 atom stereocenters. The molecule has 0 spiro atoms. The van der Waals surface area contributed by atoms with Gasteiger partial charge in [-0.3, -0.25) is 9.69 Å². The summed E-state index contributed by atoms with van der Waals surface area (Å²) >= 11 is 2.93. The van der Waals surface area contributed by atoms with Crippen LogP contribution in [0, 0.1) is 0 Å². The molecule has 6 nitrogen and oxygen atoms in total. The number of rotatable bonds is 6. The third kappa shape index (κ3) is 3.68. The highest BCUT2D eigenvalue weighted by Crippen LogP contribution is 2.40. The molecule has 2 aromatic heterocycles. The average molecular weight is 462 g/mol. The summed E-state index contributed by atoms with van der Waals surface area (Å²) in [5.41, 5.74) is 4.95. The molecule has 0 fully saturated rings. The standard InChI is InChI=1S/C24H19N3O3S2/c1-29-18-10-11-19(30-2)22-21(18)26-24(32-22)27(13-15-6-4-3-5-7-15)23(28)16-8-9-17-20(12-16)31-14-25-17/h3-12,14H,13H2,1-2H3. The zero-order valence-corrected chi connectivity index (χ0v) is 19.1. The minimum Gasteiger partial charge on any atom is -0.495 e. The molecule has 0 saturated carbocycles. The number of ether oxygens (including phenoxy) is 2. The number of methoxy groups -OCH3 is 2. The molecule has 0 N–H and O–H groups in total. The summed E-state index contributed by atoms with van der Waals surface area (Å²) in [7, 11) is 3.23. The Balaban J connectivity index is 1.63. The van der Waals surface area contributed by atoms with E-state index in [9.17, 15) is 4.79 Å². The van der Waals surface area contributed by atoms with E-state index < -0.39 is 0 Å². The monoisotopic (exact) mass is 461 g/mol. The van der Waals surface area contributed by atoms with E-state index in [4.69, 9.17) is 14.5 Å². The molecule has 1 amide bonds. The summed E-state index contributed by atoms with van der Waals surface area (Å²) < 4.78 is 12.8. The van der Waals surface area contributed by atoms with Crippen molar-refractivity contribution in [2.24, 2.45) is 0 Å². The van der Waals surface area contributed by atoms with Gasteiger partial charge in [-0.25, -0.2) is 9.97 Å². The molecule has 0 bridgehead atoms. The number of hydrogen-bond acceptors (Lipinski definition) is 7. The van der Waals surface area contributed by atoms with Gasteiger partial charge in [0.25, 0.3) is 5.91 Å². The first-order valence-corrected chi connectivity index (χ1v) is 11.6. The van der Waals surface area contributed by atoms with Crippen molar-refractivity contribution in [1.29, 1.82) is 0 Å². The molecular formula is C24H19N3O3S2. The van der Waals surface area contributed by atoms with Crippen molar-refractivity contribution in [3.63, 3.8) is 0 Å². The zero-order valence-electron chi connectivity index (χ0n) is 17.4. The molecule has 0 saturated heterocycles. The Hall–Kier alpha value is -3.49. The molecular weight excluding hydrogens is 442 g/mol. The normalized spacial score (nSPS) is 11.1. The summed E-state index contributed by atoms with van der Waals surface area (Å²) in [6, 6.07) is 19.2. The molecule has 160 valence electrons. The Bertz CT molecular complexity index is 1370. The molecule has 5 aromatic rings. The fourth-order valence-electron chi connectivity index (χ4n) is 3.53. The van der Waals surface area contributed by atoms with Crippen LogP contribution in [0.15, 0.2) is 66.2 Å². The number of carbonyl (C=O) groups is 1. The molecule has 5 rings (SSSR count). The number of nitrogens with zero attached hydrogens (tertiary/aromatic N) is 3. The Labute approximate surface area is 192 Å². The van der Waals surface area contributed by atoms with E-state index >= 15 is 0 Å². The van der Waals surface area contributed by atoms with Gasteiger partial charge in [-0.1, -0.05) is 41.7 Å². The molecule has 0 aliphatic carbocycles. The smallest absolute Gasteiger partial charge is 0.260 e. The van der Waals surface area contributed by atoms with E-state index in [1.165, 1.54) is 22.7 Å².